The lowest BCUT2D eigenvalue weighted by molar-refractivity contribution is 0.0137. The second-order valence-corrected chi connectivity index (χ2v) is 11.0. The van der Waals surface area contributed by atoms with E-state index >= 15 is 0 Å². The van der Waals surface area contributed by atoms with Crippen LogP contribution in [0.15, 0.2) is 6.33 Å². The third-order valence-electron chi connectivity index (χ3n) is 6.35. The molecule has 0 aliphatic heterocycles. The fraction of sp³-hybridized carbons (Fsp3) is 0.640. The predicted octanol–water partition coefficient (Wildman–Crippen LogP) is 4.93. The molecule has 7 nitrogen and oxygen atoms in total. The minimum absolute atomic E-state index is 0.0690. The summed E-state index contributed by atoms with van der Waals surface area (Å²) in [5.41, 5.74) is 0.787. The molecule has 8 heteroatoms. The van der Waals surface area contributed by atoms with Crippen molar-refractivity contribution in [2.75, 3.05) is 20.3 Å². The lowest BCUT2D eigenvalue weighted by atomic mass is 9.92. The monoisotopic (exact) mass is 471 g/mol. The molecule has 2 aliphatic rings. The Morgan fingerprint density at radius 3 is 2.70 bits per heavy atom. The van der Waals surface area contributed by atoms with Crippen LogP contribution in [0, 0.1) is 12.3 Å². The summed E-state index contributed by atoms with van der Waals surface area (Å²) in [5, 5.41) is 1.04. The van der Waals surface area contributed by atoms with Crippen molar-refractivity contribution in [1.82, 2.24) is 14.9 Å². The summed E-state index contributed by atoms with van der Waals surface area (Å²) in [5.74, 6) is 3.51. The van der Waals surface area contributed by atoms with Crippen LogP contribution >= 0.6 is 11.3 Å². The van der Waals surface area contributed by atoms with Crippen molar-refractivity contribution in [1.29, 1.82) is 0 Å². The first-order valence-corrected chi connectivity index (χ1v) is 12.5. The maximum Gasteiger partial charge on any atom is 0.410 e. The Kier molecular flexibility index (Phi) is 7.10. The van der Waals surface area contributed by atoms with E-state index in [1.54, 1.807) is 22.6 Å². The molecule has 0 saturated heterocycles. The van der Waals surface area contributed by atoms with Gasteiger partial charge in [-0.1, -0.05) is 5.92 Å². The Hall–Kier alpha value is -2.37. The molecular formula is C25H33N3O4S. The zero-order valence-corrected chi connectivity index (χ0v) is 20.7. The second-order valence-electron chi connectivity index (χ2n) is 9.89. The van der Waals surface area contributed by atoms with Crippen molar-refractivity contribution in [3.8, 4) is 18.2 Å². The van der Waals surface area contributed by atoms with Crippen LogP contribution in [0.3, 0.4) is 0 Å². The molecule has 0 radical (unpaired) electrons. The van der Waals surface area contributed by atoms with E-state index in [1.807, 2.05) is 27.8 Å². The van der Waals surface area contributed by atoms with E-state index in [0.29, 0.717) is 25.0 Å². The Morgan fingerprint density at radius 1 is 1.24 bits per heavy atom. The predicted molar refractivity (Wildman–Crippen MR) is 129 cm³/mol. The number of fused-ring (bicyclic) bond motifs is 3. The van der Waals surface area contributed by atoms with E-state index in [0.717, 1.165) is 48.7 Å². The molecule has 1 fully saturated rings. The van der Waals surface area contributed by atoms with Gasteiger partial charge in [-0.05, 0) is 64.9 Å². The molecule has 1 amide bonds. The van der Waals surface area contributed by atoms with Crippen molar-refractivity contribution in [2.24, 2.45) is 0 Å². The summed E-state index contributed by atoms with van der Waals surface area (Å²) < 4.78 is 17.6. The molecule has 0 unspecified atom stereocenters. The van der Waals surface area contributed by atoms with Gasteiger partial charge in [0.25, 0.3) is 0 Å². The van der Waals surface area contributed by atoms with Gasteiger partial charge in [0.05, 0.1) is 12.0 Å². The van der Waals surface area contributed by atoms with E-state index < -0.39 is 5.60 Å². The third-order valence-corrected chi connectivity index (χ3v) is 7.52. The van der Waals surface area contributed by atoms with Gasteiger partial charge in [-0.15, -0.1) is 17.8 Å². The number of rotatable bonds is 6. The molecule has 0 spiro atoms. The Morgan fingerprint density at radius 2 is 2.00 bits per heavy atom. The van der Waals surface area contributed by atoms with Crippen LogP contribution < -0.4 is 4.74 Å². The van der Waals surface area contributed by atoms with Crippen molar-refractivity contribution >= 4 is 27.6 Å². The number of nitrogens with zero attached hydrogens (tertiary/aromatic N) is 3. The molecule has 2 aliphatic carbocycles. The summed E-state index contributed by atoms with van der Waals surface area (Å²) in [7, 11) is 1.82. The third kappa shape index (κ3) is 5.42. The molecule has 4 rings (SSSR count). The van der Waals surface area contributed by atoms with E-state index in [1.165, 1.54) is 10.4 Å². The normalized spacial score (nSPS) is 22.6. The lowest BCUT2D eigenvalue weighted by Crippen LogP contribution is -2.43. The number of hydrogen-bond acceptors (Lipinski definition) is 7. The lowest BCUT2D eigenvalue weighted by Gasteiger charge is -2.35. The molecule has 0 N–H and O–H groups in total. The zero-order valence-electron chi connectivity index (χ0n) is 19.9. The first-order chi connectivity index (χ1) is 15.8. The topological polar surface area (TPSA) is 73.8 Å². The maximum atomic E-state index is 12.4. The highest BCUT2D eigenvalue weighted by atomic mass is 32.1. The molecule has 0 bridgehead atoms. The molecular weight excluding hydrogens is 438 g/mol. The van der Waals surface area contributed by atoms with Crippen molar-refractivity contribution in [3.63, 3.8) is 0 Å². The van der Waals surface area contributed by atoms with E-state index in [2.05, 4.69) is 15.9 Å². The van der Waals surface area contributed by atoms with Gasteiger partial charge in [0.15, 0.2) is 0 Å². The summed E-state index contributed by atoms with van der Waals surface area (Å²) in [6.07, 6.45) is 12.3. The van der Waals surface area contributed by atoms with Crippen LogP contribution in [0.1, 0.15) is 69.2 Å². The summed E-state index contributed by atoms with van der Waals surface area (Å²) in [4.78, 5) is 25.5. The molecule has 1 atom stereocenters. The number of aryl methyl sites for hydroxylation is 1. The highest BCUT2D eigenvalue weighted by Crippen LogP contribution is 2.46. The fourth-order valence-electron chi connectivity index (χ4n) is 4.75. The number of hydrogen-bond donors (Lipinski definition) is 0. The van der Waals surface area contributed by atoms with Gasteiger partial charge >= 0.3 is 6.09 Å². The van der Waals surface area contributed by atoms with Crippen LogP contribution in [0.2, 0.25) is 0 Å². The van der Waals surface area contributed by atoms with Gasteiger partial charge in [-0.3, -0.25) is 0 Å². The van der Waals surface area contributed by atoms with Crippen molar-refractivity contribution in [2.45, 2.75) is 83.0 Å². The van der Waals surface area contributed by atoms with Crippen molar-refractivity contribution < 1.29 is 19.0 Å². The maximum absolute atomic E-state index is 12.4. The number of aromatic nitrogens is 2. The summed E-state index contributed by atoms with van der Waals surface area (Å²) in [6.45, 7) is 6.60. The molecule has 33 heavy (non-hydrogen) atoms. The van der Waals surface area contributed by atoms with Gasteiger partial charge in [-0.25, -0.2) is 14.8 Å². The SMILES string of the molecule is C#CCOC[C@@H]1CCc2sc3ncnc(OC4CCC(N(C)C(=O)OC(C)(C)C)CC4)c3c21. The smallest absolute Gasteiger partial charge is 0.410 e. The second kappa shape index (κ2) is 9.86. The number of carbonyl (C=O) groups excluding carboxylic acids is 1. The molecule has 178 valence electrons. The summed E-state index contributed by atoms with van der Waals surface area (Å²) in [6, 6.07) is 0.160. The highest BCUT2D eigenvalue weighted by Gasteiger charge is 2.33. The molecule has 2 aromatic rings. The van der Waals surface area contributed by atoms with Crippen LogP contribution in [-0.4, -0.2) is 59.0 Å². The summed E-state index contributed by atoms with van der Waals surface area (Å²) >= 11 is 1.73. The Balaban J connectivity index is 1.42. The van der Waals surface area contributed by atoms with Crippen LogP contribution in [0.25, 0.3) is 10.2 Å². The largest absolute Gasteiger partial charge is 0.474 e. The van der Waals surface area contributed by atoms with Gasteiger partial charge < -0.3 is 19.1 Å². The Bertz CT molecular complexity index is 1030. The molecule has 2 aromatic heterocycles. The Labute approximate surface area is 199 Å². The number of amides is 1. The van der Waals surface area contributed by atoms with Gasteiger partial charge in [0.1, 0.15) is 29.5 Å². The van der Waals surface area contributed by atoms with Crippen LogP contribution in [0.5, 0.6) is 5.88 Å². The van der Waals surface area contributed by atoms with Crippen LogP contribution in [-0.2, 0) is 15.9 Å². The van der Waals surface area contributed by atoms with Gasteiger partial charge in [-0.2, -0.15) is 0 Å². The van der Waals surface area contributed by atoms with Crippen LogP contribution in [0.4, 0.5) is 4.79 Å². The van der Waals surface area contributed by atoms with E-state index in [-0.39, 0.29) is 18.2 Å². The number of terminal acetylenes is 1. The minimum atomic E-state index is -0.492. The average Bonchev–Trinajstić information content (AvgIpc) is 3.33. The standard InChI is InChI=1S/C25H33N3O4S/c1-6-13-30-14-16-7-12-19-20(16)21-22(26-15-27-23(21)33-19)31-18-10-8-17(9-11-18)28(5)24(29)32-25(2,3)4/h1,15-18H,7-14H2,2-5H3/t16-,17?,18?/m0/s1. The average molecular weight is 472 g/mol. The number of carbonyl (C=O) groups is 1. The first-order valence-electron chi connectivity index (χ1n) is 11.7. The number of thiophene rings is 1. The van der Waals surface area contributed by atoms with Gasteiger partial charge in [0, 0.05) is 23.9 Å². The van der Waals surface area contributed by atoms with Crippen molar-refractivity contribution in [3.05, 3.63) is 16.8 Å². The number of ether oxygens (including phenoxy) is 3. The highest BCUT2D eigenvalue weighted by molar-refractivity contribution is 7.19. The fourth-order valence-corrected chi connectivity index (χ4v) is 5.98. The van der Waals surface area contributed by atoms with E-state index in [4.69, 9.17) is 20.6 Å². The van der Waals surface area contributed by atoms with E-state index in [9.17, 15) is 4.79 Å². The quantitative estimate of drug-likeness (QED) is 0.439. The molecule has 2 heterocycles. The zero-order chi connectivity index (χ0) is 23.6. The minimum Gasteiger partial charge on any atom is -0.474 e. The molecule has 0 aromatic carbocycles. The molecule has 1 saturated carbocycles. The van der Waals surface area contributed by atoms with Gasteiger partial charge in [0.2, 0.25) is 5.88 Å². The first kappa shape index (κ1) is 23.8.